The minimum atomic E-state index is -5.13. The van der Waals surface area contributed by atoms with Crippen molar-refractivity contribution in [2.45, 2.75) is 39.5 Å². The number of aryl methyl sites for hydroxylation is 1. The highest BCUT2D eigenvalue weighted by Crippen LogP contribution is 2.25. The monoisotopic (exact) mass is 324 g/mol. The van der Waals surface area contributed by atoms with Gasteiger partial charge in [0, 0.05) is 5.38 Å². The summed E-state index contributed by atoms with van der Waals surface area (Å²) in [5.74, 6) is -4.32. The number of carboxylic acid groups (broad SMARTS) is 1. The van der Waals surface area contributed by atoms with Gasteiger partial charge in [-0.2, -0.15) is 13.2 Å². The first-order valence-corrected chi connectivity index (χ1v) is 6.93. The van der Waals surface area contributed by atoms with Crippen molar-refractivity contribution in [3.8, 4) is 0 Å². The SMILES string of the molecule is Cc1nc(CN(C(=O)C(F)(F)F)C(C(=O)O)C(C)C)cs1. The molecule has 0 saturated heterocycles. The Balaban J connectivity index is 3.15. The van der Waals surface area contributed by atoms with Crippen LogP contribution in [0.1, 0.15) is 24.5 Å². The third-order valence-corrected chi connectivity index (χ3v) is 3.54. The van der Waals surface area contributed by atoms with Crippen molar-refractivity contribution in [2.75, 3.05) is 0 Å². The molecular formula is C12H15F3N2O3S. The number of amides is 1. The predicted octanol–water partition coefficient (Wildman–Crippen LogP) is 2.45. The molecule has 1 N–H and O–H groups in total. The minimum Gasteiger partial charge on any atom is -0.480 e. The molecule has 0 aromatic carbocycles. The quantitative estimate of drug-likeness (QED) is 0.903. The molecule has 0 radical (unpaired) electrons. The number of hydrogen-bond donors (Lipinski definition) is 1. The van der Waals surface area contributed by atoms with Crippen molar-refractivity contribution in [3.63, 3.8) is 0 Å². The molecule has 1 amide bonds. The number of aromatic nitrogens is 1. The van der Waals surface area contributed by atoms with E-state index in [9.17, 15) is 22.8 Å². The Morgan fingerprint density at radius 1 is 1.43 bits per heavy atom. The zero-order valence-electron chi connectivity index (χ0n) is 11.6. The Labute approximate surface area is 123 Å². The summed E-state index contributed by atoms with van der Waals surface area (Å²) in [6.07, 6.45) is -5.13. The van der Waals surface area contributed by atoms with Crippen molar-refractivity contribution < 1.29 is 27.9 Å². The van der Waals surface area contributed by atoms with Crippen LogP contribution in [0.25, 0.3) is 0 Å². The van der Waals surface area contributed by atoms with Crippen molar-refractivity contribution in [3.05, 3.63) is 16.1 Å². The van der Waals surface area contributed by atoms with E-state index in [4.69, 9.17) is 5.11 Å². The molecule has 1 rings (SSSR count). The molecule has 1 unspecified atom stereocenters. The molecule has 1 heterocycles. The molecule has 9 heteroatoms. The van der Waals surface area contributed by atoms with Gasteiger partial charge < -0.3 is 10.0 Å². The summed E-state index contributed by atoms with van der Waals surface area (Å²) in [6.45, 7) is 4.07. The Hall–Kier alpha value is -1.64. The summed E-state index contributed by atoms with van der Waals surface area (Å²) in [5, 5.41) is 11.3. The minimum absolute atomic E-state index is 0.238. The maximum atomic E-state index is 12.7. The largest absolute Gasteiger partial charge is 0.480 e. The standard InChI is InChI=1S/C12H15F3N2O3S/c1-6(2)9(10(18)19)17(11(20)12(13,14)15)4-8-5-21-7(3)16-8/h5-6,9H,4H2,1-3H3,(H,18,19). The van der Waals surface area contributed by atoms with E-state index in [1.165, 1.54) is 30.6 Å². The summed E-state index contributed by atoms with van der Waals surface area (Å²) < 4.78 is 38.1. The van der Waals surface area contributed by atoms with Crippen molar-refractivity contribution >= 4 is 23.2 Å². The third kappa shape index (κ3) is 4.42. The molecule has 0 aliphatic heterocycles. The summed E-state index contributed by atoms with van der Waals surface area (Å²) in [4.78, 5) is 27.1. The first-order chi connectivity index (χ1) is 9.54. The lowest BCUT2D eigenvalue weighted by molar-refractivity contribution is -0.191. The van der Waals surface area contributed by atoms with Gasteiger partial charge in [-0.3, -0.25) is 4.79 Å². The average Bonchev–Trinajstić information content (AvgIpc) is 2.70. The van der Waals surface area contributed by atoms with Gasteiger partial charge in [0.2, 0.25) is 0 Å². The van der Waals surface area contributed by atoms with Crippen molar-refractivity contribution in [2.24, 2.45) is 5.92 Å². The number of nitrogens with zero attached hydrogens (tertiary/aromatic N) is 2. The highest BCUT2D eigenvalue weighted by molar-refractivity contribution is 7.09. The van der Waals surface area contributed by atoms with Gasteiger partial charge in [-0.25, -0.2) is 9.78 Å². The number of carbonyl (C=O) groups excluding carboxylic acids is 1. The van der Waals surface area contributed by atoms with Gasteiger partial charge in [0.05, 0.1) is 17.2 Å². The van der Waals surface area contributed by atoms with Crippen molar-refractivity contribution in [1.29, 1.82) is 0 Å². The predicted molar refractivity (Wildman–Crippen MR) is 69.7 cm³/mol. The molecule has 118 valence electrons. The van der Waals surface area contributed by atoms with E-state index < -0.39 is 36.6 Å². The Morgan fingerprint density at radius 3 is 2.33 bits per heavy atom. The van der Waals surface area contributed by atoms with Crippen LogP contribution in [0.15, 0.2) is 5.38 Å². The van der Waals surface area contributed by atoms with Gasteiger partial charge >= 0.3 is 18.1 Å². The van der Waals surface area contributed by atoms with Gasteiger partial charge in [0.25, 0.3) is 0 Å². The molecule has 1 aromatic rings. The normalized spacial score (nSPS) is 13.3. The number of carbonyl (C=O) groups is 2. The number of rotatable bonds is 5. The van der Waals surface area contributed by atoms with E-state index in [2.05, 4.69) is 4.98 Å². The lowest BCUT2D eigenvalue weighted by atomic mass is 10.0. The summed E-state index contributed by atoms with van der Waals surface area (Å²) in [6, 6.07) is -1.57. The lowest BCUT2D eigenvalue weighted by Gasteiger charge is -2.31. The summed E-state index contributed by atoms with van der Waals surface area (Å²) in [7, 11) is 0. The molecule has 1 atom stereocenters. The number of thiazole rings is 1. The van der Waals surface area contributed by atoms with Crippen molar-refractivity contribution in [1.82, 2.24) is 9.88 Å². The first kappa shape index (κ1) is 17.4. The number of hydrogen-bond acceptors (Lipinski definition) is 4. The number of alkyl halides is 3. The fourth-order valence-corrected chi connectivity index (χ4v) is 2.50. The second kappa shape index (κ2) is 6.42. The van der Waals surface area contributed by atoms with Crippen LogP contribution in [0.5, 0.6) is 0 Å². The van der Waals surface area contributed by atoms with Gasteiger partial charge in [-0.15, -0.1) is 11.3 Å². The zero-order chi connectivity index (χ0) is 16.4. The second-order valence-corrected chi connectivity index (χ2v) is 5.88. The smallest absolute Gasteiger partial charge is 0.471 e. The van der Waals surface area contributed by atoms with Crippen LogP contribution in [0.4, 0.5) is 13.2 Å². The average molecular weight is 324 g/mol. The Bertz CT molecular complexity index is 528. The zero-order valence-corrected chi connectivity index (χ0v) is 12.5. The van der Waals surface area contributed by atoms with Crippen LogP contribution in [0.3, 0.4) is 0 Å². The van der Waals surface area contributed by atoms with Gasteiger partial charge in [0.15, 0.2) is 0 Å². The highest BCUT2D eigenvalue weighted by atomic mass is 32.1. The van der Waals surface area contributed by atoms with Crippen LogP contribution < -0.4 is 0 Å². The maximum Gasteiger partial charge on any atom is 0.471 e. The van der Waals surface area contributed by atoms with E-state index in [0.29, 0.717) is 9.91 Å². The van der Waals surface area contributed by atoms with Gasteiger partial charge in [0.1, 0.15) is 6.04 Å². The molecule has 0 fully saturated rings. The first-order valence-electron chi connectivity index (χ1n) is 6.05. The van der Waals surface area contributed by atoms with E-state index >= 15 is 0 Å². The van der Waals surface area contributed by atoms with E-state index in [0.717, 1.165) is 0 Å². The fourth-order valence-electron chi connectivity index (χ4n) is 1.89. The van der Waals surface area contributed by atoms with E-state index in [1.54, 1.807) is 6.92 Å². The molecule has 0 bridgehead atoms. The van der Waals surface area contributed by atoms with Crippen LogP contribution in [0, 0.1) is 12.8 Å². The molecule has 5 nitrogen and oxygen atoms in total. The summed E-state index contributed by atoms with van der Waals surface area (Å²) >= 11 is 1.22. The van der Waals surface area contributed by atoms with Crippen LogP contribution in [0.2, 0.25) is 0 Å². The molecular weight excluding hydrogens is 309 g/mol. The maximum absolute atomic E-state index is 12.7. The fraction of sp³-hybridized carbons (Fsp3) is 0.583. The van der Waals surface area contributed by atoms with E-state index in [1.807, 2.05) is 0 Å². The van der Waals surface area contributed by atoms with Gasteiger partial charge in [-0.05, 0) is 12.8 Å². The van der Waals surface area contributed by atoms with Gasteiger partial charge in [-0.1, -0.05) is 13.8 Å². The molecule has 0 aliphatic rings. The van der Waals surface area contributed by atoms with Crippen LogP contribution in [-0.2, 0) is 16.1 Å². The van der Waals surface area contributed by atoms with Crippen LogP contribution >= 0.6 is 11.3 Å². The number of carboxylic acids is 1. The Kier molecular flexibility index (Phi) is 5.32. The van der Waals surface area contributed by atoms with Crippen LogP contribution in [-0.4, -0.2) is 39.1 Å². The molecule has 0 saturated carbocycles. The highest BCUT2D eigenvalue weighted by Gasteiger charge is 2.47. The number of halogens is 3. The number of aliphatic carboxylic acids is 1. The lowest BCUT2D eigenvalue weighted by Crippen LogP contribution is -2.52. The Morgan fingerprint density at radius 2 is 2.00 bits per heavy atom. The third-order valence-electron chi connectivity index (χ3n) is 2.72. The van der Waals surface area contributed by atoms with E-state index in [-0.39, 0.29) is 5.69 Å². The molecule has 0 aliphatic carbocycles. The molecule has 21 heavy (non-hydrogen) atoms. The second-order valence-electron chi connectivity index (χ2n) is 4.82. The molecule has 0 spiro atoms. The topological polar surface area (TPSA) is 70.5 Å². The summed E-state index contributed by atoms with van der Waals surface area (Å²) in [5.41, 5.74) is 0.238. The molecule has 1 aromatic heterocycles.